The van der Waals surface area contributed by atoms with Gasteiger partial charge < -0.3 is 10.8 Å². The quantitative estimate of drug-likeness (QED) is 0.767. The van der Waals surface area contributed by atoms with E-state index in [-0.39, 0.29) is 11.5 Å². The van der Waals surface area contributed by atoms with E-state index in [9.17, 15) is 8.78 Å². The second-order valence-electron chi connectivity index (χ2n) is 2.37. The van der Waals surface area contributed by atoms with Gasteiger partial charge in [-0.05, 0) is 17.0 Å². The van der Waals surface area contributed by atoms with Crippen molar-refractivity contribution in [1.82, 2.24) is 0 Å². The smallest absolute Gasteiger partial charge is 0.272 e. The number of halogens is 2. The number of hydrogen-bond acceptors (Lipinski definition) is 3. The second-order valence-corrected chi connectivity index (χ2v) is 3.31. The summed E-state index contributed by atoms with van der Waals surface area (Å²) in [5.74, 6) is 0. The maximum Gasteiger partial charge on any atom is 0.272 e. The molecule has 0 saturated carbocycles. The summed E-state index contributed by atoms with van der Waals surface area (Å²) in [6.45, 7) is -0.223. The highest BCUT2D eigenvalue weighted by Crippen LogP contribution is 2.27. The van der Waals surface area contributed by atoms with Gasteiger partial charge in [0, 0.05) is 0 Å². The molecule has 0 aromatic carbocycles. The van der Waals surface area contributed by atoms with Crippen LogP contribution in [0.5, 0.6) is 0 Å². The molecule has 0 aliphatic rings. The molecular formula is C7H9F2NOS. The minimum atomic E-state index is -2.45. The predicted octanol–water partition coefficient (Wildman–Crippen LogP) is 1.68. The molecule has 0 amide bonds. The fraction of sp³-hybridized carbons (Fsp3) is 0.429. The largest absolute Gasteiger partial charge is 0.394 e. The lowest BCUT2D eigenvalue weighted by atomic mass is 10.2. The lowest BCUT2D eigenvalue weighted by Crippen LogP contribution is -2.13. The lowest BCUT2D eigenvalue weighted by Gasteiger charge is -2.03. The first kappa shape index (κ1) is 9.57. The molecule has 5 heteroatoms. The van der Waals surface area contributed by atoms with E-state index in [1.807, 2.05) is 0 Å². The molecule has 1 atom stereocenters. The molecule has 68 valence electrons. The fourth-order valence-electron chi connectivity index (χ4n) is 0.783. The highest BCUT2D eigenvalue weighted by atomic mass is 32.1. The molecule has 0 saturated heterocycles. The van der Waals surface area contributed by atoms with Crippen LogP contribution in [0, 0.1) is 0 Å². The van der Waals surface area contributed by atoms with Crippen LogP contribution in [0.15, 0.2) is 11.4 Å². The number of hydrogen-bond donors (Lipinski definition) is 2. The molecule has 0 aliphatic carbocycles. The number of nitrogens with two attached hydrogens (primary N) is 1. The van der Waals surface area contributed by atoms with Gasteiger partial charge in [0.2, 0.25) is 0 Å². The van der Waals surface area contributed by atoms with Crippen LogP contribution >= 0.6 is 11.3 Å². The van der Waals surface area contributed by atoms with Gasteiger partial charge in [-0.15, -0.1) is 11.3 Å². The van der Waals surface area contributed by atoms with Crippen LogP contribution in [0.25, 0.3) is 0 Å². The van der Waals surface area contributed by atoms with E-state index < -0.39 is 12.5 Å². The monoisotopic (exact) mass is 193 g/mol. The molecule has 3 N–H and O–H groups in total. The Morgan fingerprint density at radius 2 is 2.25 bits per heavy atom. The molecule has 2 nitrogen and oxygen atoms in total. The van der Waals surface area contributed by atoms with Crippen LogP contribution in [-0.2, 0) is 0 Å². The Hall–Kier alpha value is -0.520. The third-order valence-corrected chi connectivity index (χ3v) is 2.44. The zero-order valence-corrected chi connectivity index (χ0v) is 7.02. The average Bonchev–Trinajstić information content (AvgIpc) is 2.51. The Balaban J connectivity index is 2.77. The summed E-state index contributed by atoms with van der Waals surface area (Å²) in [5.41, 5.74) is 5.99. The maximum absolute atomic E-state index is 12.1. The summed E-state index contributed by atoms with van der Waals surface area (Å²) >= 11 is 0.960. The van der Waals surface area contributed by atoms with Crippen molar-refractivity contribution in [3.63, 3.8) is 0 Å². The highest BCUT2D eigenvalue weighted by Gasteiger charge is 2.13. The van der Waals surface area contributed by atoms with Gasteiger partial charge in [-0.1, -0.05) is 0 Å². The van der Waals surface area contributed by atoms with Crippen molar-refractivity contribution in [3.05, 3.63) is 21.9 Å². The van der Waals surface area contributed by atoms with E-state index >= 15 is 0 Å². The number of thiophene rings is 1. The van der Waals surface area contributed by atoms with Gasteiger partial charge >= 0.3 is 0 Å². The topological polar surface area (TPSA) is 46.2 Å². The summed E-state index contributed by atoms with van der Waals surface area (Å²) in [5, 5.41) is 10.2. The Labute approximate surface area is 72.6 Å². The first-order valence-corrected chi connectivity index (χ1v) is 4.26. The van der Waals surface area contributed by atoms with Crippen LogP contribution in [-0.4, -0.2) is 11.7 Å². The van der Waals surface area contributed by atoms with Crippen molar-refractivity contribution in [3.8, 4) is 0 Å². The molecular weight excluding hydrogens is 184 g/mol. The molecule has 1 aromatic heterocycles. The molecule has 0 bridgehead atoms. The number of aliphatic hydroxyl groups excluding tert-OH is 1. The number of alkyl halides is 2. The standard InChI is InChI=1S/C7H9F2NOS/c8-7(9)6-1-4(3-12-6)5(10)2-11/h1,3,5,7,11H,2,10H2. The van der Waals surface area contributed by atoms with Gasteiger partial charge in [0.25, 0.3) is 6.43 Å². The van der Waals surface area contributed by atoms with Gasteiger partial charge in [-0.2, -0.15) is 0 Å². The van der Waals surface area contributed by atoms with Gasteiger partial charge in [-0.25, -0.2) is 8.78 Å². The van der Waals surface area contributed by atoms with Gasteiger partial charge in [0.15, 0.2) is 0 Å². The molecule has 1 heterocycles. The summed E-state index contributed by atoms with van der Waals surface area (Å²) in [6, 6.07) is 0.782. The first-order chi connectivity index (χ1) is 5.65. The summed E-state index contributed by atoms with van der Waals surface area (Å²) in [4.78, 5) is -0.00565. The summed E-state index contributed by atoms with van der Waals surface area (Å²) < 4.78 is 24.1. The molecule has 1 rings (SSSR count). The first-order valence-electron chi connectivity index (χ1n) is 3.38. The van der Waals surface area contributed by atoms with Crippen molar-refractivity contribution in [1.29, 1.82) is 0 Å². The van der Waals surface area contributed by atoms with E-state index in [1.165, 1.54) is 6.07 Å². The zero-order valence-electron chi connectivity index (χ0n) is 6.21. The van der Waals surface area contributed by atoms with Gasteiger partial charge in [0.1, 0.15) is 0 Å². The van der Waals surface area contributed by atoms with E-state index in [1.54, 1.807) is 5.38 Å². The van der Waals surface area contributed by atoms with E-state index in [0.29, 0.717) is 5.56 Å². The van der Waals surface area contributed by atoms with Crippen LogP contribution in [0.3, 0.4) is 0 Å². The SMILES string of the molecule is NC(CO)c1csc(C(F)F)c1. The maximum atomic E-state index is 12.1. The second kappa shape index (κ2) is 3.93. The Bertz CT molecular complexity index is 251. The van der Waals surface area contributed by atoms with Crippen molar-refractivity contribution >= 4 is 11.3 Å². The van der Waals surface area contributed by atoms with Crippen molar-refractivity contribution in [2.24, 2.45) is 5.73 Å². The van der Waals surface area contributed by atoms with Crippen molar-refractivity contribution in [2.75, 3.05) is 6.61 Å². The Morgan fingerprint density at radius 1 is 1.58 bits per heavy atom. The number of aliphatic hydroxyl groups is 1. The molecule has 0 fully saturated rings. The molecule has 0 aliphatic heterocycles. The summed E-state index contributed by atoms with van der Waals surface area (Å²) in [6.07, 6.45) is -2.45. The Morgan fingerprint density at radius 3 is 2.67 bits per heavy atom. The van der Waals surface area contributed by atoms with E-state index in [4.69, 9.17) is 10.8 Å². The minimum Gasteiger partial charge on any atom is -0.394 e. The van der Waals surface area contributed by atoms with E-state index in [2.05, 4.69) is 0 Å². The van der Waals surface area contributed by atoms with Crippen LogP contribution in [0.2, 0.25) is 0 Å². The Kier molecular flexibility index (Phi) is 3.13. The average molecular weight is 193 g/mol. The van der Waals surface area contributed by atoms with Gasteiger partial charge in [-0.3, -0.25) is 0 Å². The third kappa shape index (κ3) is 2.00. The molecule has 12 heavy (non-hydrogen) atoms. The van der Waals surface area contributed by atoms with Gasteiger partial charge in [0.05, 0.1) is 17.5 Å². The predicted molar refractivity (Wildman–Crippen MR) is 43.3 cm³/mol. The molecule has 0 spiro atoms. The molecule has 1 aromatic rings. The fourth-order valence-corrected chi connectivity index (χ4v) is 1.60. The molecule has 0 radical (unpaired) electrons. The normalized spacial score (nSPS) is 13.8. The number of rotatable bonds is 3. The van der Waals surface area contributed by atoms with Crippen LogP contribution in [0.4, 0.5) is 8.78 Å². The lowest BCUT2D eigenvalue weighted by molar-refractivity contribution is 0.155. The van der Waals surface area contributed by atoms with Crippen LogP contribution < -0.4 is 5.73 Å². The van der Waals surface area contributed by atoms with Crippen LogP contribution in [0.1, 0.15) is 22.9 Å². The van der Waals surface area contributed by atoms with Crippen molar-refractivity contribution in [2.45, 2.75) is 12.5 Å². The minimum absolute atomic E-state index is 0.00565. The highest BCUT2D eigenvalue weighted by molar-refractivity contribution is 7.10. The summed E-state index contributed by atoms with van der Waals surface area (Å²) in [7, 11) is 0. The van der Waals surface area contributed by atoms with Crippen molar-refractivity contribution < 1.29 is 13.9 Å². The van der Waals surface area contributed by atoms with E-state index in [0.717, 1.165) is 11.3 Å². The third-order valence-electron chi connectivity index (χ3n) is 1.48. The zero-order chi connectivity index (χ0) is 9.14. The molecule has 1 unspecified atom stereocenters.